The van der Waals surface area contributed by atoms with Gasteiger partial charge >= 0.3 is 0 Å². The Hall–Kier alpha value is -1.06. The third kappa shape index (κ3) is 6.83. The molecule has 0 spiro atoms. The molecule has 0 unspecified atom stereocenters. The van der Waals surface area contributed by atoms with Gasteiger partial charge < -0.3 is 11.5 Å². The number of nitrogens with two attached hydrogens (primary N) is 2. The van der Waals surface area contributed by atoms with Crippen molar-refractivity contribution in [3.8, 4) is 0 Å². The van der Waals surface area contributed by atoms with E-state index in [9.17, 15) is 4.79 Å². The molecule has 0 saturated carbocycles. The molecule has 0 rings (SSSR count). The maximum absolute atomic E-state index is 10.9. The fraction of sp³-hybridized carbons (Fsp3) is 0.714. The maximum atomic E-state index is 10.9. The third-order valence-corrected chi connectivity index (χ3v) is 1.07. The monoisotopic (exact) mass is 157 g/mol. The summed E-state index contributed by atoms with van der Waals surface area (Å²) in [6, 6.07) is 0. The van der Waals surface area contributed by atoms with E-state index in [0.717, 1.165) is 0 Å². The van der Waals surface area contributed by atoms with Gasteiger partial charge in [0.05, 0.1) is 0 Å². The minimum Gasteiger partial charge on any atom is -0.370 e. The number of guanidine groups is 1. The molecule has 0 aromatic heterocycles. The Balaban J connectivity index is 3.62. The molecular formula is C7H15N3O. The van der Waals surface area contributed by atoms with Crippen LogP contribution >= 0.6 is 0 Å². The van der Waals surface area contributed by atoms with Crippen molar-refractivity contribution in [3.63, 3.8) is 0 Å². The van der Waals surface area contributed by atoms with Gasteiger partial charge in [-0.05, 0) is 5.92 Å². The van der Waals surface area contributed by atoms with Crippen molar-refractivity contribution in [1.82, 2.24) is 0 Å². The van der Waals surface area contributed by atoms with Gasteiger partial charge in [-0.1, -0.05) is 13.8 Å². The molecule has 0 bridgehead atoms. The first-order valence-corrected chi connectivity index (χ1v) is 3.59. The number of ketones is 1. The van der Waals surface area contributed by atoms with E-state index in [1.807, 2.05) is 13.8 Å². The van der Waals surface area contributed by atoms with E-state index in [1.165, 1.54) is 0 Å². The second-order valence-corrected chi connectivity index (χ2v) is 2.88. The zero-order chi connectivity index (χ0) is 8.85. The van der Waals surface area contributed by atoms with Crippen LogP contribution in [0.2, 0.25) is 0 Å². The van der Waals surface area contributed by atoms with Crippen LogP contribution in [-0.4, -0.2) is 18.3 Å². The summed E-state index contributed by atoms with van der Waals surface area (Å²) >= 11 is 0. The van der Waals surface area contributed by atoms with Gasteiger partial charge in [0.25, 0.3) is 0 Å². The molecule has 4 nitrogen and oxygen atoms in total. The van der Waals surface area contributed by atoms with Crippen LogP contribution in [0.15, 0.2) is 4.99 Å². The Morgan fingerprint density at radius 1 is 1.45 bits per heavy atom. The molecule has 64 valence electrons. The number of carbonyl (C=O) groups is 1. The van der Waals surface area contributed by atoms with Crippen LogP contribution < -0.4 is 11.5 Å². The Morgan fingerprint density at radius 3 is 2.36 bits per heavy atom. The second kappa shape index (κ2) is 4.71. The lowest BCUT2D eigenvalue weighted by Crippen LogP contribution is -2.24. The molecular weight excluding hydrogens is 142 g/mol. The molecule has 0 aliphatic rings. The van der Waals surface area contributed by atoms with Crippen molar-refractivity contribution in [1.29, 1.82) is 0 Å². The van der Waals surface area contributed by atoms with Gasteiger partial charge in [-0.25, -0.2) is 4.99 Å². The average Bonchev–Trinajstić information content (AvgIpc) is 1.82. The quantitative estimate of drug-likeness (QED) is 0.440. The minimum atomic E-state index is -0.0258. The first-order valence-electron chi connectivity index (χ1n) is 3.59. The zero-order valence-corrected chi connectivity index (χ0v) is 7.00. The van der Waals surface area contributed by atoms with E-state index in [1.54, 1.807) is 0 Å². The van der Waals surface area contributed by atoms with Crippen molar-refractivity contribution in [3.05, 3.63) is 0 Å². The number of Topliss-reactive ketones (excluding diaryl/α,β-unsaturated/α-hetero) is 1. The van der Waals surface area contributed by atoms with Gasteiger partial charge in [0.1, 0.15) is 6.54 Å². The van der Waals surface area contributed by atoms with E-state index in [4.69, 9.17) is 11.5 Å². The molecule has 11 heavy (non-hydrogen) atoms. The van der Waals surface area contributed by atoms with E-state index >= 15 is 0 Å². The Kier molecular flexibility index (Phi) is 4.26. The normalized spacial score (nSPS) is 9.73. The van der Waals surface area contributed by atoms with Gasteiger partial charge in [0, 0.05) is 6.42 Å². The van der Waals surface area contributed by atoms with E-state index in [-0.39, 0.29) is 18.3 Å². The maximum Gasteiger partial charge on any atom is 0.186 e. The van der Waals surface area contributed by atoms with Crippen LogP contribution in [0.25, 0.3) is 0 Å². The predicted molar refractivity (Wildman–Crippen MR) is 45.1 cm³/mol. The molecule has 0 atom stereocenters. The van der Waals surface area contributed by atoms with Gasteiger partial charge in [-0.2, -0.15) is 0 Å². The minimum absolute atomic E-state index is 0.0258. The van der Waals surface area contributed by atoms with Crippen LogP contribution in [-0.2, 0) is 4.79 Å². The fourth-order valence-corrected chi connectivity index (χ4v) is 0.699. The summed E-state index contributed by atoms with van der Waals surface area (Å²) in [5, 5.41) is 0. The van der Waals surface area contributed by atoms with Crippen molar-refractivity contribution >= 4 is 11.7 Å². The molecule has 0 heterocycles. The van der Waals surface area contributed by atoms with Gasteiger partial charge in [-0.3, -0.25) is 4.79 Å². The van der Waals surface area contributed by atoms with Gasteiger partial charge in [0.2, 0.25) is 0 Å². The van der Waals surface area contributed by atoms with Crippen LogP contribution in [0.1, 0.15) is 20.3 Å². The topological polar surface area (TPSA) is 81.5 Å². The van der Waals surface area contributed by atoms with Crippen LogP contribution in [0, 0.1) is 5.92 Å². The highest BCUT2D eigenvalue weighted by Gasteiger charge is 2.02. The molecule has 4 N–H and O–H groups in total. The number of hydrogen-bond donors (Lipinski definition) is 2. The average molecular weight is 157 g/mol. The molecule has 0 radical (unpaired) electrons. The number of hydrogen-bond acceptors (Lipinski definition) is 2. The second-order valence-electron chi connectivity index (χ2n) is 2.88. The fourth-order valence-electron chi connectivity index (χ4n) is 0.699. The zero-order valence-electron chi connectivity index (χ0n) is 7.00. The first-order chi connectivity index (χ1) is 5.02. The number of carbonyl (C=O) groups excluding carboxylic acids is 1. The molecule has 0 aromatic rings. The summed E-state index contributed by atoms with van der Waals surface area (Å²) in [5.41, 5.74) is 10.1. The highest BCUT2D eigenvalue weighted by molar-refractivity contribution is 5.84. The Morgan fingerprint density at radius 2 is 2.00 bits per heavy atom. The summed E-state index contributed by atoms with van der Waals surface area (Å²) in [7, 11) is 0. The van der Waals surface area contributed by atoms with Crippen LogP contribution in [0.4, 0.5) is 0 Å². The summed E-state index contributed by atoms with van der Waals surface area (Å²) < 4.78 is 0. The first kappa shape index (κ1) is 9.94. The van der Waals surface area contributed by atoms with Crippen LogP contribution in [0.3, 0.4) is 0 Å². The lowest BCUT2D eigenvalue weighted by molar-refractivity contribution is -0.118. The SMILES string of the molecule is CC(C)CC(=O)CN=C(N)N. The van der Waals surface area contributed by atoms with E-state index < -0.39 is 0 Å². The summed E-state index contributed by atoms with van der Waals surface area (Å²) in [5.74, 6) is 0.423. The van der Waals surface area contributed by atoms with Crippen molar-refractivity contribution in [2.75, 3.05) is 6.54 Å². The molecule has 0 aromatic carbocycles. The lowest BCUT2D eigenvalue weighted by Gasteiger charge is -2.00. The summed E-state index contributed by atoms with van der Waals surface area (Å²) in [6.07, 6.45) is 0.538. The smallest absolute Gasteiger partial charge is 0.186 e. The molecule has 0 saturated heterocycles. The standard InChI is InChI=1S/C7H15N3O/c1-5(2)3-6(11)4-10-7(8)9/h5H,3-4H2,1-2H3,(H4,8,9,10). The molecule has 0 fully saturated rings. The number of aliphatic imine (C=N–C) groups is 1. The molecule has 0 amide bonds. The van der Waals surface area contributed by atoms with Crippen molar-refractivity contribution in [2.45, 2.75) is 20.3 Å². The Bertz CT molecular complexity index is 159. The van der Waals surface area contributed by atoms with Crippen molar-refractivity contribution in [2.24, 2.45) is 22.4 Å². The van der Waals surface area contributed by atoms with E-state index in [0.29, 0.717) is 12.3 Å². The molecule has 0 aliphatic carbocycles. The largest absolute Gasteiger partial charge is 0.370 e. The molecule has 0 aliphatic heterocycles. The highest BCUT2D eigenvalue weighted by Crippen LogP contribution is 1.99. The summed E-state index contributed by atoms with van der Waals surface area (Å²) in [4.78, 5) is 14.5. The van der Waals surface area contributed by atoms with Gasteiger partial charge in [-0.15, -0.1) is 0 Å². The third-order valence-electron chi connectivity index (χ3n) is 1.07. The van der Waals surface area contributed by atoms with Crippen molar-refractivity contribution < 1.29 is 4.79 Å². The van der Waals surface area contributed by atoms with Gasteiger partial charge in [0.15, 0.2) is 11.7 Å². The summed E-state index contributed by atoms with van der Waals surface area (Å²) in [6.45, 7) is 4.07. The number of nitrogens with zero attached hydrogens (tertiary/aromatic N) is 1. The van der Waals surface area contributed by atoms with E-state index in [2.05, 4.69) is 4.99 Å². The number of rotatable bonds is 4. The lowest BCUT2D eigenvalue weighted by atomic mass is 10.1. The highest BCUT2D eigenvalue weighted by atomic mass is 16.1. The Labute approximate surface area is 66.7 Å². The van der Waals surface area contributed by atoms with Crippen LogP contribution in [0.5, 0.6) is 0 Å². The molecule has 4 heteroatoms. The predicted octanol–water partition coefficient (Wildman–Crippen LogP) is -0.125.